The second-order valence-corrected chi connectivity index (χ2v) is 12.9. The van der Waals surface area contributed by atoms with Gasteiger partial charge < -0.3 is 4.57 Å². The van der Waals surface area contributed by atoms with Crippen LogP contribution in [0.5, 0.6) is 0 Å². The van der Waals surface area contributed by atoms with Crippen LogP contribution in [-0.2, 0) is 0 Å². The van der Waals surface area contributed by atoms with Crippen molar-refractivity contribution in [1.82, 2.24) is 19.5 Å². The zero-order chi connectivity index (χ0) is 33.7. The third-order valence-corrected chi connectivity index (χ3v) is 9.77. The van der Waals surface area contributed by atoms with E-state index >= 15 is 0 Å². The fourth-order valence-electron chi connectivity index (χ4n) is 7.38. The minimum Gasteiger partial charge on any atom is -0.309 e. The molecule has 0 N–H and O–H groups in total. The Balaban J connectivity index is 1.22. The summed E-state index contributed by atoms with van der Waals surface area (Å²) in [6.45, 7) is 0. The Kier molecular flexibility index (Phi) is 6.78. The monoisotopic (exact) mass is 650 g/mol. The first kappa shape index (κ1) is 29.0. The van der Waals surface area contributed by atoms with Crippen LogP contribution in [0.15, 0.2) is 182 Å². The van der Waals surface area contributed by atoms with Crippen LogP contribution in [0.2, 0.25) is 0 Å². The summed E-state index contributed by atoms with van der Waals surface area (Å²) in [6.07, 6.45) is 0. The molecule has 0 aliphatic carbocycles. The van der Waals surface area contributed by atoms with E-state index in [1.165, 1.54) is 16.2 Å². The van der Waals surface area contributed by atoms with Crippen molar-refractivity contribution < 1.29 is 0 Å². The predicted molar refractivity (Wildman–Crippen MR) is 211 cm³/mol. The minimum absolute atomic E-state index is 0.703. The minimum atomic E-state index is 0.703. The average Bonchev–Trinajstić information content (AvgIpc) is 3.54. The van der Waals surface area contributed by atoms with E-state index in [9.17, 15) is 0 Å². The second-order valence-electron chi connectivity index (χ2n) is 12.9. The van der Waals surface area contributed by atoms with Crippen molar-refractivity contribution in [2.24, 2.45) is 0 Å². The van der Waals surface area contributed by atoms with E-state index in [2.05, 4.69) is 150 Å². The topological polar surface area (TPSA) is 43.6 Å². The normalized spacial score (nSPS) is 11.5. The first-order chi connectivity index (χ1) is 25.3. The van der Waals surface area contributed by atoms with E-state index in [0.29, 0.717) is 5.82 Å². The third kappa shape index (κ3) is 4.96. The lowest BCUT2D eigenvalue weighted by molar-refractivity contribution is 1.16. The lowest BCUT2D eigenvalue weighted by Gasteiger charge is -2.14. The Labute approximate surface area is 295 Å². The zero-order valence-electron chi connectivity index (χ0n) is 27.6. The summed E-state index contributed by atoms with van der Waals surface area (Å²) in [4.78, 5) is 15.4. The van der Waals surface area contributed by atoms with Gasteiger partial charge in [-0.3, -0.25) is 0 Å². The highest BCUT2D eigenvalue weighted by atomic mass is 15.0. The maximum absolute atomic E-state index is 5.23. The third-order valence-electron chi connectivity index (χ3n) is 9.77. The van der Waals surface area contributed by atoms with Crippen LogP contribution >= 0.6 is 0 Å². The number of hydrogen-bond donors (Lipinski definition) is 0. The summed E-state index contributed by atoms with van der Waals surface area (Å²) in [5, 5.41) is 5.90. The van der Waals surface area contributed by atoms with Crippen LogP contribution in [0, 0.1) is 0 Å². The molecule has 51 heavy (non-hydrogen) atoms. The van der Waals surface area contributed by atoms with Gasteiger partial charge in [0.25, 0.3) is 0 Å². The van der Waals surface area contributed by atoms with Crippen molar-refractivity contribution in [3.8, 4) is 50.8 Å². The number of rotatable bonds is 5. The molecule has 0 bridgehead atoms. The summed E-state index contributed by atoms with van der Waals surface area (Å²) in [5.74, 6) is 0.703. The maximum Gasteiger partial charge on any atom is 0.160 e. The number of nitrogens with zero attached hydrogens (tertiary/aromatic N) is 4. The lowest BCUT2D eigenvalue weighted by atomic mass is 9.98. The van der Waals surface area contributed by atoms with Crippen LogP contribution in [0.4, 0.5) is 0 Å². The van der Waals surface area contributed by atoms with E-state index in [1.807, 2.05) is 36.4 Å². The molecule has 10 rings (SSSR count). The van der Waals surface area contributed by atoms with Crippen LogP contribution < -0.4 is 0 Å². The quantitative estimate of drug-likeness (QED) is 0.174. The van der Waals surface area contributed by atoms with Crippen LogP contribution in [0.25, 0.3) is 94.3 Å². The Morgan fingerprint density at radius 2 is 0.941 bits per heavy atom. The molecule has 0 unspecified atom stereocenters. The fraction of sp³-hybridized carbons (Fsp3) is 0. The van der Waals surface area contributed by atoms with E-state index in [4.69, 9.17) is 15.0 Å². The molecule has 0 aliphatic heterocycles. The largest absolute Gasteiger partial charge is 0.309 e. The van der Waals surface area contributed by atoms with Crippen molar-refractivity contribution in [3.05, 3.63) is 182 Å². The van der Waals surface area contributed by atoms with Gasteiger partial charge in [0.1, 0.15) is 0 Å². The van der Waals surface area contributed by atoms with Gasteiger partial charge in [-0.25, -0.2) is 15.0 Å². The molecular weight excluding hydrogens is 621 g/mol. The van der Waals surface area contributed by atoms with Crippen LogP contribution in [-0.4, -0.2) is 19.5 Å². The van der Waals surface area contributed by atoms with Crippen LogP contribution in [0.1, 0.15) is 0 Å². The maximum atomic E-state index is 5.23. The Morgan fingerprint density at radius 3 is 1.71 bits per heavy atom. The van der Waals surface area contributed by atoms with Gasteiger partial charge in [0, 0.05) is 49.5 Å². The van der Waals surface area contributed by atoms with E-state index < -0.39 is 0 Å². The molecule has 0 spiro atoms. The first-order valence-electron chi connectivity index (χ1n) is 17.2. The van der Waals surface area contributed by atoms with Gasteiger partial charge in [0.2, 0.25) is 0 Å². The van der Waals surface area contributed by atoms with Crippen molar-refractivity contribution >= 4 is 43.5 Å². The van der Waals surface area contributed by atoms with Crippen LogP contribution in [0.3, 0.4) is 0 Å². The Bertz CT molecular complexity index is 2840. The first-order valence-corrected chi connectivity index (χ1v) is 17.2. The molecule has 3 aromatic heterocycles. The van der Waals surface area contributed by atoms with Crippen molar-refractivity contribution in [2.45, 2.75) is 0 Å². The molecule has 0 atom stereocenters. The summed E-state index contributed by atoms with van der Waals surface area (Å²) >= 11 is 0. The second kappa shape index (κ2) is 11.9. The van der Waals surface area contributed by atoms with Gasteiger partial charge in [0.05, 0.1) is 33.6 Å². The van der Waals surface area contributed by atoms with Gasteiger partial charge in [-0.15, -0.1) is 0 Å². The number of pyridine rings is 1. The molecule has 7 aromatic carbocycles. The molecule has 10 aromatic rings. The molecule has 0 fully saturated rings. The number of fused-ring (bicyclic) bond motifs is 6. The molecule has 238 valence electrons. The molecule has 4 nitrogen and oxygen atoms in total. The average molecular weight is 651 g/mol. The van der Waals surface area contributed by atoms with Gasteiger partial charge >= 0.3 is 0 Å². The predicted octanol–water partition coefficient (Wildman–Crippen LogP) is 11.9. The molecular formula is C47H30N4. The fourth-order valence-corrected chi connectivity index (χ4v) is 7.38. The van der Waals surface area contributed by atoms with E-state index in [1.54, 1.807) is 0 Å². The highest BCUT2D eigenvalue weighted by Gasteiger charge is 2.18. The van der Waals surface area contributed by atoms with Gasteiger partial charge in [-0.2, -0.15) is 0 Å². The molecule has 0 radical (unpaired) electrons. The summed E-state index contributed by atoms with van der Waals surface area (Å²) in [6, 6.07) is 63.7. The van der Waals surface area contributed by atoms with Crippen molar-refractivity contribution in [1.29, 1.82) is 0 Å². The lowest BCUT2D eigenvalue weighted by Crippen LogP contribution is -1.98. The molecule has 0 amide bonds. The van der Waals surface area contributed by atoms with Gasteiger partial charge in [-0.1, -0.05) is 140 Å². The Hall–Kier alpha value is -6.91. The number of benzene rings is 7. The van der Waals surface area contributed by atoms with E-state index in [-0.39, 0.29) is 0 Å². The molecule has 0 aliphatic rings. The molecule has 0 saturated carbocycles. The Morgan fingerprint density at radius 1 is 0.333 bits per heavy atom. The number of para-hydroxylation sites is 2. The van der Waals surface area contributed by atoms with Crippen molar-refractivity contribution in [3.63, 3.8) is 0 Å². The molecule has 4 heteroatoms. The SMILES string of the molecule is c1ccc(-c2cc(-c3cccc(-n4c5ccccc5c5cc6c(cc54)c(-c4ccccc4)nc4ccccc46)c3)nc(-c3ccccc3)n2)cc1. The van der Waals surface area contributed by atoms with E-state index in [0.717, 1.165) is 72.3 Å². The smallest absolute Gasteiger partial charge is 0.160 e. The summed E-state index contributed by atoms with van der Waals surface area (Å²) < 4.78 is 2.38. The molecule has 3 heterocycles. The number of aromatic nitrogens is 4. The van der Waals surface area contributed by atoms with Gasteiger partial charge in [0.15, 0.2) is 5.82 Å². The highest BCUT2D eigenvalue weighted by molar-refractivity contribution is 6.20. The summed E-state index contributed by atoms with van der Waals surface area (Å²) in [5.41, 5.74) is 11.3. The molecule has 0 saturated heterocycles. The number of hydrogen-bond acceptors (Lipinski definition) is 3. The summed E-state index contributed by atoms with van der Waals surface area (Å²) in [7, 11) is 0. The van der Waals surface area contributed by atoms with Gasteiger partial charge in [-0.05, 0) is 47.9 Å². The zero-order valence-corrected chi connectivity index (χ0v) is 27.6. The highest BCUT2D eigenvalue weighted by Crippen LogP contribution is 2.40. The van der Waals surface area contributed by atoms with Crippen molar-refractivity contribution in [2.75, 3.05) is 0 Å². The standard InChI is InChI=1S/C47H30N4/c1-4-15-31(16-5-1)42-30-43(50-47(49-42)33-19-8-3-9-20-33)34-21-14-22-35(27-34)51-44-26-13-11-24-37(44)39-28-38-36-23-10-12-25-41(36)48-46(40(38)29-45(39)51)32-17-6-2-7-18-32/h1-30H.